The van der Waals surface area contributed by atoms with Crippen molar-refractivity contribution in [1.82, 2.24) is 0 Å². The summed E-state index contributed by atoms with van der Waals surface area (Å²) in [5, 5.41) is 1.59. The number of fused-ring (bicyclic) bond motifs is 1. The molecule has 0 aliphatic carbocycles. The van der Waals surface area contributed by atoms with E-state index in [-0.39, 0.29) is 6.61 Å². The van der Waals surface area contributed by atoms with Crippen LogP contribution in [0.1, 0.15) is 34.5 Å². The maximum absolute atomic E-state index is 13.7. The highest BCUT2D eigenvalue weighted by atomic mass is 19.1. The zero-order valence-electron chi connectivity index (χ0n) is 19.2. The second-order valence-electron chi connectivity index (χ2n) is 8.44. The van der Waals surface area contributed by atoms with Gasteiger partial charge in [-0.05, 0) is 67.4 Å². The standard InChI is InChI=1S/C27H23FN2O5/c1-3-34-27(33)18-10-14-20(15-11-18)29-25(31)22-23(17-8-12-19(28)13-9-17)30(35-24(22)26(29)32)21-7-5-4-6-16(21)2/h4-15,22-24H,3H2,1-2H3. The van der Waals surface area contributed by atoms with E-state index in [1.54, 1.807) is 24.1 Å². The Labute approximate surface area is 201 Å². The lowest BCUT2D eigenvalue weighted by atomic mass is 9.90. The number of hydrogen-bond donors (Lipinski definition) is 0. The number of carbonyl (C=O) groups excluding carboxylic acids is 3. The summed E-state index contributed by atoms with van der Waals surface area (Å²) >= 11 is 0. The van der Waals surface area contributed by atoms with Crippen molar-refractivity contribution in [2.75, 3.05) is 16.6 Å². The number of aryl methyl sites for hydroxylation is 1. The lowest BCUT2D eigenvalue weighted by Gasteiger charge is -2.29. The highest BCUT2D eigenvalue weighted by Gasteiger charge is 2.60. The van der Waals surface area contributed by atoms with Crippen LogP contribution in [-0.4, -0.2) is 30.5 Å². The molecule has 0 spiro atoms. The van der Waals surface area contributed by atoms with Crippen molar-refractivity contribution >= 4 is 29.2 Å². The van der Waals surface area contributed by atoms with Crippen molar-refractivity contribution in [3.8, 4) is 0 Å². The fourth-order valence-corrected chi connectivity index (χ4v) is 4.65. The number of benzene rings is 3. The van der Waals surface area contributed by atoms with Gasteiger partial charge in [0.25, 0.3) is 5.91 Å². The van der Waals surface area contributed by atoms with Gasteiger partial charge >= 0.3 is 5.97 Å². The van der Waals surface area contributed by atoms with Gasteiger partial charge in [-0.1, -0.05) is 30.3 Å². The van der Waals surface area contributed by atoms with Gasteiger partial charge in [-0.2, -0.15) is 0 Å². The maximum atomic E-state index is 13.7. The number of anilines is 2. The van der Waals surface area contributed by atoms with E-state index in [0.717, 1.165) is 16.2 Å². The molecule has 178 valence electrons. The largest absolute Gasteiger partial charge is 0.462 e. The third-order valence-corrected chi connectivity index (χ3v) is 6.32. The van der Waals surface area contributed by atoms with E-state index in [0.29, 0.717) is 16.8 Å². The number of rotatable bonds is 5. The van der Waals surface area contributed by atoms with Crippen LogP contribution in [0.25, 0.3) is 0 Å². The first-order valence-electron chi connectivity index (χ1n) is 11.3. The van der Waals surface area contributed by atoms with E-state index >= 15 is 0 Å². The summed E-state index contributed by atoms with van der Waals surface area (Å²) in [6.07, 6.45) is -1.04. The molecule has 2 fully saturated rings. The molecule has 2 aliphatic rings. The van der Waals surface area contributed by atoms with Crippen molar-refractivity contribution in [2.45, 2.75) is 26.0 Å². The van der Waals surface area contributed by atoms with Gasteiger partial charge in [-0.3, -0.25) is 14.4 Å². The van der Waals surface area contributed by atoms with Gasteiger partial charge in [0, 0.05) is 0 Å². The number of para-hydroxylation sites is 1. The zero-order chi connectivity index (χ0) is 24.7. The van der Waals surface area contributed by atoms with Crippen molar-refractivity contribution in [1.29, 1.82) is 0 Å². The van der Waals surface area contributed by atoms with Crippen molar-refractivity contribution < 1.29 is 28.3 Å². The molecule has 0 radical (unpaired) electrons. The Balaban J connectivity index is 1.52. The first-order valence-corrected chi connectivity index (χ1v) is 11.3. The first-order chi connectivity index (χ1) is 16.9. The Morgan fingerprint density at radius 3 is 2.31 bits per heavy atom. The van der Waals surface area contributed by atoms with Crippen molar-refractivity contribution in [2.24, 2.45) is 5.92 Å². The van der Waals surface area contributed by atoms with E-state index in [1.165, 1.54) is 36.4 Å². The average molecular weight is 474 g/mol. The molecule has 7 nitrogen and oxygen atoms in total. The van der Waals surface area contributed by atoms with Crippen LogP contribution in [0, 0.1) is 18.7 Å². The predicted molar refractivity (Wildman–Crippen MR) is 126 cm³/mol. The molecule has 0 saturated carbocycles. The molecule has 0 N–H and O–H groups in total. The SMILES string of the molecule is CCOC(=O)c1ccc(N2C(=O)C3ON(c4ccccc4C)C(c4ccc(F)cc4)C3C2=O)cc1. The Morgan fingerprint density at radius 1 is 0.971 bits per heavy atom. The van der Waals surface area contributed by atoms with E-state index in [9.17, 15) is 18.8 Å². The minimum absolute atomic E-state index is 0.243. The summed E-state index contributed by atoms with van der Waals surface area (Å²) in [6, 6.07) is 18.8. The number of nitrogens with zero attached hydrogens (tertiary/aromatic N) is 2. The van der Waals surface area contributed by atoms with Gasteiger partial charge < -0.3 is 4.74 Å². The number of carbonyl (C=O) groups is 3. The lowest BCUT2D eigenvalue weighted by molar-refractivity contribution is -0.126. The van der Waals surface area contributed by atoms with Crippen LogP contribution in [-0.2, 0) is 19.2 Å². The number of esters is 1. The topological polar surface area (TPSA) is 76.2 Å². The third kappa shape index (κ3) is 3.85. The number of hydrogen-bond acceptors (Lipinski definition) is 6. The molecule has 5 rings (SSSR count). The predicted octanol–water partition coefficient (Wildman–Crippen LogP) is 4.36. The summed E-state index contributed by atoms with van der Waals surface area (Å²) < 4.78 is 18.7. The van der Waals surface area contributed by atoms with Gasteiger partial charge in [-0.25, -0.2) is 19.1 Å². The van der Waals surface area contributed by atoms with Gasteiger partial charge in [0.2, 0.25) is 5.91 Å². The molecule has 0 aromatic heterocycles. The monoisotopic (exact) mass is 474 g/mol. The lowest BCUT2D eigenvalue weighted by Crippen LogP contribution is -2.37. The van der Waals surface area contributed by atoms with Gasteiger partial charge in [0.05, 0.1) is 29.6 Å². The molecule has 3 unspecified atom stereocenters. The maximum Gasteiger partial charge on any atom is 0.338 e. The zero-order valence-corrected chi connectivity index (χ0v) is 19.2. The highest BCUT2D eigenvalue weighted by molar-refractivity contribution is 6.24. The number of amides is 2. The van der Waals surface area contributed by atoms with Crippen LogP contribution in [0.5, 0.6) is 0 Å². The minimum Gasteiger partial charge on any atom is -0.462 e. The Kier molecular flexibility index (Phi) is 5.82. The molecule has 2 heterocycles. The minimum atomic E-state index is -1.04. The number of ether oxygens (including phenoxy) is 1. The van der Waals surface area contributed by atoms with Crippen molar-refractivity contribution in [3.63, 3.8) is 0 Å². The summed E-state index contributed by atoms with van der Waals surface area (Å²) in [5.74, 6) is -2.63. The van der Waals surface area contributed by atoms with Gasteiger partial charge in [0.1, 0.15) is 11.7 Å². The van der Waals surface area contributed by atoms with Gasteiger partial charge in [-0.15, -0.1) is 0 Å². The Hall–Kier alpha value is -4.04. The summed E-state index contributed by atoms with van der Waals surface area (Å²) in [4.78, 5) is 46.3. The fourth-order valence-electron chi connectivity index (χ4n) is 4.65. The number of imide groups is 1. The van der Waals surface area contributed by atoms with Crippen LogP contribution in [0.2, 0.25) is 0 Å². The number of halogens is 1. The molecule has 2 aliphatic heterocycles. The van der Waals surface area contributed by atoms with E-state index in [2.05, 4.69) is 0 Å². The van der Waals surface area contributed by atoms with Crippen molar-refractivity contribution in [3.05, 3.63) is 95.3 Å². The quantitative estimate of drug-likeness (QED) is 0.404. The first kappa shape index (κ1) is 22.7. The summed E-state index contributed by atoms with van der Waals surface area (Å²) in [7, 11) is 0. The van der Waals surface area contributed by atoms with E-state index < -0.39 is 41.7 Å². The molecule has 0 bridgehead atoms. The van der Waals surface area contributed by atoms with E-state index in [1.807, 2.05) is 31.2 Å². The molecule has 3 atom stereocenters. The molecule has 8 heteroatoms. The Bertz CT molecular complexity index is 1290. The van der Waals surface area contributed by atoms with Crippen LogP contribution >= 0.6 is 0 Å². The molecular weight excluding hydrogens is 451 g/mol. The molecule has 2 saturated heterocycles. The normalized spacial score (nSPS) is 21.4. The summed E-state index contributed by atoms with van der Waals surface area (Å²) in [6.45, 7) is 3.87. The van der Waals surface area contributed by atoms with Crippen LogP contribution < -0.4 is 9.96 Å². The number of hydroxylamine groups is 1. The smallest absolute Gasteiger partial charge is 0.338 e. The summed E-state index contributed by atoms with van der Waals surface area (Å²) in [5.41, 5.74) is 2.95. The second kappa shape index (κ2) is 8.96. The van der Waals surface area contributed by atoms with Crippen LogP contribution in [0.3, 0.4) is 0 Å². The average Bonchev–Trinajstić information content (AvgIpc) is 3.36. The second-order valence-corrected chi connectivity index (χ2v) is 8.44. The third-order valence-electron chi connectivity index (χ3n) is 6.32. The molecule has 2 amide bonds. The van der Waals surface area contributed by atoms with Gasteiger partial charge in [0.15, 0.2) is 6.10 Å². The molecule has 3 aromatic carbocycles. The van der Waals surface area contributed by atoms with Crippen LogP contribution in [0.4, 0.5) is 15.8 Å². The van der Waals surface area contributed by atoms with Crippen LogP contribution in [0.15, 0.2) is 72.8 Å². The highest BCUT2D eigenvalue weighted by Crippen LogP contribution is 2.48. The Morgan fingerprint density at radius 2 is 1.66 bits per heavy atom. The van der Waals surface area contributed by atoms with E-state index in [4.69, 9.17) is 9.57 Å². The molecule has 35 heavy (non-hydrogen) atoms. The molecule has 3 aromatic rings. The molecular formula is C27H23FN2O5. The fraction of sp³-hybridized carbons (Fsp3) is 0.222.